The number of nitrogen functional groups attached to an aromatic ring is 1. The van der Waals surface area contributed by atoms with Gasteiger partial charge >= 0.3 is 12.0 Å². The van der Waals surface area contributed by atoms with Crippen LogP contribution in [0.3, 0.4) is 0 Å². The smallest absolute Gasteiger partial charge is 0.322 e. The molecule has 104 valence electrons. The summed E-state index contributed by atoms with van der Waals surface area (Å²) in [6.45, 7) is 3.74. The Bertz CT molecular complexity index is 460. The van der Waals surface area contributed by atoms with E-state index in [-0.39, 0.29) is 25.0 Å². The van der Waals surface area contributed by atoms with Crippen LogP contribution >= 0.6 is 0 Å². The van der Waals surface area contributed by atoms with Gasteiger partial charge in [-0.15, -0.1) is 0 Å². The number of carboxylic acids is 1. The number of nitrogens with zero attached hydrogens (tertiary/aromatic N) is 1. The van der Waals surface area contributed by atoms with Gasteiger partial charge in [-0.3, -0.25) is 9.69 Å². The predicted octanol–water partition coefficient (Wildman–Crippen LogP) is 1.67. The number of benzene rings is 1. The van der Waals surface area contributed by atoms with Gasteiger partial charge in [-0.25, -0.2) is 4.79 Å². The van der Waals surface area contributed by atoms with E-state index in [0.29, 0.717) is 11.4 Å². The second kappa shape index (κ2) is 6.63. The molecule has 0 radical (unpaired) electrons. The van der Waals surface area contributed by atoms with Gasteiger partial charge in [-0.05, 0) is 26.0 Å². The number of amides is 2. The van der Waals surface area contributed by atoms with Crippen molar-refractivity contribution in [3.8, 4) is 0 Å². The van der Waals surface area contributed by atoms with Gasteiger partial charge in [0.2, 0.25) is 0 Å². The summed E-state index contributed by atoms with van der Waals surface area (Å²) in [6, 6.07) is 6.48. The van der Waals surface area contributed by atoms with Crippen LogP contribution in [-0.4, -0.2) is 29.7 Å². The second-order valence-corrected chi connectivity index (χ2v) is 4.46. The van der Waals surface area contributed by atoms with E-state index < -0.39 is 5.97 Å². The van der Waals surface area contributed by atoms with Crippen molar-refractivity contribution in [2.75, 3.05) is 17.2 Å². The van der Waals surface area contributed by atoms with E-state index >= 15 is 0 Å². The van der Waals surface area contributed by atoms with Crippen molar-refractivity contribution in [3.63, 3.8) is 0 Å². The molecule has 0 fully saturated rings. The van der Waals surface area contributed by atoms with E-state index in [1.807, 2.05) is 13.8 Å². The third-order valence-corrected chi connectivity index (χ3v) is 2.43. The number of hydrogen-bond donors (Lipinski definition) is 3. The third kappa shape index (κ3) is 4.50. The molecule has 1 aromatic rings. The highest BCUT2D eigenvalue weighted by Gasteiger charge is 2.19. The zero-order valence-electron chi connectivity index (χ0n) is 11.1. The van der Waals surface area contributed by atoms with Crippen LogP contribution in [-0.2, 0) is 4.79 Å². The summed E-state index contributed by atoms with van der Waals surface area (Å²) in [5, 5.41) is 11.5. The van der Waals surface area contributed by atoms with Crippen LogP contribution in [0.25, 0.3) is 0 Å². The molecule has 0 aliphatic rings. The van der Waals surface area contributed by atoms with Crippen LogP contribution in [0.2, 0.25) is 0 Å². The minimum atomic E-state index is -0.961. The first-order valence-electron chi connectivity index (χ1n) is 6.06. The number of nitrogens with one attached hydrogen (secondary N) is 1. The number of anilines is 2. The summed E-state index contributed by atoms with van der Waals surface area (Å²) in [6.07, 6.45) is -0.139. The van der Waals surface area contributed by atoms with Gasteiger partial charge in [0.25, 0.3) is 0 Å². The van der Waals surface area contributed by atoms with Crippen molar-refractivity contribution >= 4 is 23.4 Å². The average molecular weight is 265 g/mol. The van der Waals surface area contributed by atoms with Crippen molar-refractivity contribution in [3.05, 3.63) is 24.3 Å². The van der Waals surface area contributed by atoms with E-state index in [9.17, 15) is 9.59 Å². The zero-order chi connectivity index (χ0) is 14.4. The summed E-state index contributed by atoms with van der Waals surface area (Å²) < 4.78 is 0. The first-order valence-corrected chi connectivity index (χ1v) is 6.06. The highest BCUT2D eigenvalue weighted by atomic mass is 16.4. The standard InChI is InChI=1S/C13H19N3O3/c1-9(2)15-13(19)16(8-7-12(17)18)11-6-4-3-5-10(11)14/h3-6,9H,7-8,14H2,1-2H3,(H,15,19)(H,17,18). The molecular formula is C13H19N3O3. The Hall–Kier alpha value is -2.24. The maximum atomic E-state index is 12.1. The van der Waals surface area contributed by atoms with Gasteiger partial charge in [0.15, 0.2) is 0 Å². The van der Waals surface area contributed by atoms with Crippen LogP contribution in [0.4, 0.5) is 16.2 Å². The topological polar surface area (TPSA) is 95.7 Å². The van der Waals surface area contributed by atoms with Crippen LogP contribution in [0.1, 0.15) is 20.3 Å². The summed E-state index contributed by atoms with van der Waals surface area (Å²) in [5.41, 5.74) is 6.78. The Morgan fingerprint density at radius 1 is 1.37 bits per heavy atom. The molecule has 0 aromatic heterocycles. The van der Waals surface area contributed by atoms with Gasteiger partial charge in [-0.1, -0.05) is 12.1 Å². The van der Waals surface area contributed by atoms with Gasteiger partial charge in [0.1, 0.15) is 0 Å². The molecule has 0 bridgehead atoms. The fourth-order valence-electron chi connectivity index (χ4n) is 1.60. The maximum absolute atomic E-state index is 12.1. The molecule has 0 aliphatic heterocycles. The lowest BCUT2D eigenvalue weighted by atomic mass is 10.2. The molecule has 0 spiro atoms. The third-order valence-electron chi connectivity index (χ3n) is 2.43. The molecule has 19 heavy (non-hydrogen) atoms. The molecule has 0 saturated carbocycles. The molecule has 1 aromatic carbocycles. The highest BCUT2D eigenvalue weighted by molar-refractivity contribution is 5.95. The molecule has 2 amide bonds. The average Bonchev–Trinajstić information content (AvgIpc) is 2.30. The van der Waals surface area contributed by atoms with Crippen LogP contribution in [0.15, 0.2) is 24.3 Å². The lowest BCUT2D eigenvalue weighted by molar-refractivity contribution is -0.136. The molecule has 6 nitrogen and oxygen atoms in total. The fraction of sp³-hybridized carbons (Fsp3) is 0.385. The van der Waals surface area contributed by atoms with Gasteiger partial charge in [0.05, 0.1) is 17.8 Å². The molecule has 0 saturated heterocycles. The number of carbonyl (C=O) groups is 2. The van der Waals surface area contributed by atoms with E-state index in [0.717, 1.165) is 0 Å². The Kier molecular flexibility index (Phi) is 5.17. The minimum Gasteiger partial charge on any atom is -0.481 e. The van der Waals surface area contributed by atoms with Crippen molar-refractivity contribution in [2.24, 2.45) is 0 Å². The molecule has 0 atom stereocenters. The van der Waals surface area contributed by atoms with Crippen molar-refractivity contribution in [1.82, 2.24) is 5.32 Å². The number of para-hydroxylation sites is 2. The van der Waals surface area contributed by atoms with Crippen LogP contribution in [0.5, 0.6) is 0 Å². The number of carboxylic acid groups (broad SMARTS) is 1. The van der Waals surface area contributed by atoms with E-state index in [4.69, 9.17) is 10.8 Å². The number of carbonyl (C=O) groups excluding carboxylic acids is 1. The Morgan fingerprint density at radius 3 is 2.53 bits per heavy atom. The monoisotopic (exact) mass is 265 g/mol. The quantitative estimate of drug-likeness (QED) is 0.705. The summed E-state index contributed by atoms with van der Waals surface area (Å²) in [5.74, 6) is -0.961. The zero-order valence-corrected chi connectivity index (χ0v) is 11.1. The molecule has 0 unspecified atom stereocenters. The van der Waals surface area contributed by atoms with E-state index in [1.54, 1.807) is 24.3 Å². The first kappa shape index (κ1) is 14.8. The van der Waals surface area contributed by atoms with Crippen molar-refractivity contribution in [2.45, 2.75) is 26.3 Å². The van der Waals surface area contributed by atoms with Crippen LogP contribution in [0, 0.1) is 0 Å². The first-order chi connectivity index (χ1) is 8.91. The second-order valence-electron chi connectivity index (χ2n) is 4.46. The van der Waals surface area contributed by atoms with Gasteiger partial charge in [-0.2, -0.15) is 0 Å². The number of aliphatic carboxylic acids is 1. The van der Waals surface area contributed by atoms with E-state index in [1.165, 1.54) is 4.90 Å². The predicted molar refractivity (Wildman–Crippen MR) is 74.1 cm³/mol. The van der Waals surface area contributed by atoms with Gasteiger partial charge < -0.3 is 16.2 Å². The lowest BCUT2D eigenvalue weighted by Crippen LogP contribution is -2.44. The Balaban J connectivity index is 2.95. The lowest BCUT2D eigenvalue weighted by Gasteiger charge is -2.25. The van der Waals surface area contributed by atoms with Crippen LogP contribution < -0.4 is 16.0 Å². The molecule has 6 heteroatoms. The number of hydrogen-bond acceptors (Lipinski definition) is 3. The molecular weight excluding hydrogens is 246 g/mol. The van der Waals surface area contributed by atoms with Crippen molar-refractivity contribution < 1.29 is 14.7 Å². The van der Waals surface area contributed by atoms with Gasteiger partial charge in [0, 0.05) is 12.6 Å². The number of nitrogens with two attached hydrogens (primary N) is 1. The fourth-order valence-corrected chi connectivity index (χ4v) is 1.60. The number of urea groups is 1. The summed E-state index contributed by atoms with van der Waals surface area (Å²) in [7, 11) is 0. The highest BCUT2D eigenvalue weighted by Crippen LogP contribution is 2.22. The SMILES string of the molecule is CC(C)NC(=O)N(CCC(=O)O)c1ccccc1N. The Labute approximate surface area is 112 Å². The molecule has 1 rings (SSSR count). The van der Waals surface area contributed by atoms with E-state index in [2.05, 4.69) is 5.32 Å². The largest absolute Gasteiger partial charge is 0.481 e. The number of rotatable bonds is 5. The molecule has 0 heterocycles. The Morgan fingerprint density at radius 2 is 2.00 bits per heavy atom. The summed E-state index contributed by atoms with van der Waals surface area (Å²) in [4.78, 5) is 24.1. The normalized spacial score (nSPS) is 10.3. The summed E-state index contributed by atoms with van der Waals surface area (Å²) >= 11 is 0. The molecule has 0 aliphatic carbocycles. The minimum absolute atomic E-state index is 0.0373. The maximum Gasteiger partial charge on any atom is 0.322 e. The molecule has 4 N–H and O–H groups in total. The van der Waals surface area contributed by atoms with Crippen molar-refractivity contribution in [1.29, 1.82) is 0 Å².